The van der Waals surface area contributed by atoms with Gasteiger partial charge in [-0.25, -0.2) is 4.99 Å². The molecule has 1 rings (SSSR count). The number of unbranched alkanes of at least 4 members (excludes halogenated alkanes) is 3. The Bertz CT molecular complexity index is 404. The Morgan fingerprint density at radius 1 is 1.29 bits per heavy atom. The molecule has 21 heavy (non-hydrogen) atoms. The largest absolute Gasteiger partial charge is 1.00 e. The summed E-state index contributed by atoms with van der Waals surface area (Å²) in [4.78, 5) is 28.0. The van der Waals surface area contributed by atoms with Crippen LogP contribution in [0.1, 0.15) is 52.9 Å². The Morgan fingerprint density at radius 2 is 1.95 bits per heavy atom. The van der Waals surface area contributed by atoms with Crippen LogP contribution >= 0.6 is 11.8 Å². The van der Waals surface area contributed by atoms with Gasteiger partial charge in [-0.2, -0.15) is 11.8 Å². The standard InChI is InChI=1S/C14H24N2O3S.Na/c1-4-6-7-8-9-14(10(3)20-5-2)11(17)15-13(19)16-12(14)18;/h10H,4-9H2,1-3H3,(H2,15,16,17,18,19);/q;+1/p-1. The zero-order valence-corrected chi connectivity index (χ0v) is 16.2. The maximum absolute atomic E-state index is 12.3. The molecule has 0 aromatic rings. The van der Waals surface area contributed by atoms with E-state index in [1.54, 1.807) is 11.8 Å². The van der Waals surface area contributed by atoms with E-state index >= 15 is 0 Å². The number of nitrogens with one attached hydrogen (secondary N) is 1. The zero-order valence-electron chi connectivity index (χ0n) is 13.4. The van der Waals surface area contributed by atoms with Gasteiger partial charge in [0.25, 0.3) is 5.91 Å². The SMILES string of the molecule is CCCCCCC1(C(C)SCC)C(=O)N=C([O-])NC1=O.[Na+]. The smallest absolute Gasteiger partial charge is 0.846 e. The Morgan fingerprint density at radius 3 is 2.48 bits per heavy atom. The summed E-state index contributed by atoms with van der Waals surface area (Å²) >= 11 is 1.56. The fraction of sp³-hybridized carbons (Fsp3) is 0.786. The molecule has 0 spiro atoms. The van der Waals surface area contributed by atoms with Crippen molar-refractivity contribution in [1.29, 1.82) is 0 Å². The van der Waals surface area contributed by atoms with Crippen LogP contribution in [0.3, 0.4) is 0 Å². The van der Waals surface area contributed by atoms with Crippen LogP contribution in [-0.4, -0.2) is 28.8 Å². The summed E-state index contributed by atoms with van der Waals surface area (Å²) < 4.78 is 0. The first kappa shape index (κ1) is 21.0. The maximum atomic E-state index is 12.3. The van der Waals surface area contributed by atoms with Gasteiger partial charge in [-0.15, -0.1) is 0 Å². The first-order valence-corrected chi connectivity index (χ1v) is 8.27. The van der Waals surface area contributed by atoms with Gasteiger partial charge in [0, 0.05) is 5.25 Å². The minimum atomic E-state index is -1.18. The van der Waals surface area contributed by atoms with Gasteiger partial charge >= 0.3 is 29.6 Å². The number of thioether (sulfide) groups is 1. The Kier molecular flexibility index (Phi) is 9.85. The zero-order chi connectivity index (χ0) is 15.2. The molecule has 114 valence electrons. The normalized spacial score (nSPS) is 23.1. The predicted molar refractivity (Wildman–Crippen MR) is 79.4 cm³/mol. The number of amidine groups is 1. The van der Waals surface area contributed by atoms with Gasteiger partial charge in [-0.05, 0) is 12.2 Å². The van der Waals surface area contributed by atoms with E-state index in [0.29, 0.717) is 6.42 Å². The number of amides is 2. The molecule has 7 heteroatoms. The van der Waals surface area contributed by atoms with E-state index in [1.165, 1.54) is 0 Å². The van der Waals surface area contributed by atoms with Crippen molar-refractivity contribution in [3.63, 3.8) is 0 Å². The van der Waals surface area contributed by atoms with E-state index in [4.69, 9.17) is 0 Å². The molecule has 1 aliphatic heterocycles. The number of nitrogens with zero attached hydrogens (tertiary/aromatic N) is 1. The van der Waals surface area contributed by atoms with Crippen LogP contribution in [0.4, 0.5) is 0 Å². The van der Waals surface area contributed by atoms with Crippen LogP contribution in [-0.2, 0) is 9.59 Å². The van der Waals surface area contributed by atoms with Crippen LogP contribution in [0.5, 0.6) is 0 Å². The summed E-state index contributed by atoms with van der Waals surface area (Å²) in [5, 5.41) is 13.2. The molecule has 1 heterocycles. The first-order valence-electron chi connectivity index (χ1n) is 7.22. The molecule has 2 amide bonds. The molecule has 0 aromatic carbocycles. The van der Waals surface area contributed by atoms with Crippen molar-refractivity contribution in [3.05, 3.63) is 0 Å². The molecule has 0 aliphatic carbocycles. The van der Waals surface area contributed by atoms with Crippen molar-refractivity contribution in [1.82, 2.24) is 5.32 Å². The molecule has 0 saturated heterocycles. The van der Waals surface area contributed by atoms with Crippen molar-refractivity contribution in [2.45, 2.75) is 58.1 Å². The summed E-state index contributed by atoms with van der Waals surface area (Å²) in [6.07, 6.45) is 4.41. The van der Waals surface area contributed by atoms with Crippen molar-refractivity contribution < 1.29 is 44.3 Å². The number of rotatable bonds is 8. The minimum absolute atomic E-state index is 0. The average Bonchev–Trinajstić information content (AvgIpc) is 2.37. The fourth-order valence-electron chi connectivity index (χ4n) is 2.53. The van der Waals surface area contributed by atoms with Crippen LogP contribution in [0.15, 0.2) is 4.99 Å². The van der Waals surface area contributed by atoms with Crippen LogP contribution in [0, 0.1) is 5.41 Å². The molecule has 2 atom stereocenters. The van der Waals surface area contributed by atoms with Gasteiger partial charge in [-0.3, -0.25) is 9.59 Å². The van der Waals surface area contributed by atoms with Crippen molar-refractivity contribution in [2.24, 2.45) is 10.4 Å². The van der Waals surface area contributed by atoms with Gasteiger partial charge in [0.15, 0.2) is 0 Å². The number of carbonyl (C=O) groups is 2. The van der Waals surface area contributed by atoms with Gasteiger partial charge in [0.1, 0.15) is 5.41 Å². The second-order valence-corrected chi connectivity index (χ2v) is 6.67. The third kappa shape index (κ3) is 4.98. The monoisotopic (exact) mass is 322 g/mol. The number of hydrogen-bond donors (Lipinski definition) is 1. The van der Waals surface area contributed by atoms with E-state index in [0.717, 1.165) is 31.4 Å². The molecule has 5 nitrogen and oxygen atoms in total. The Balaban J connectivity index is 0.00000400. The molecule has 1 aliphatic rings. The van der Waals surface area contributed by atoms with Crippen LogP contribution in [0.2, 0.25) is 0 Å². The maximum Gasteiger partial charge on any atom is 1.00 e. The fourth-order valence-corrected chi connectivity index (χ4v) is 3.64. The Labute approximate surface area is 153 Å². The molecule has 2 unspecified atom stereocenters. The summed E-state index contributed by atoms with van der Waals surface area (Å²) in [5.74, 6) is -0.240. The summed E-state index contributed by atoms with van der Waals surface area (Å²) in [7, 11) is 0. The topological polar surface area (TPSA) is 81.6 Å². The summed E-state index contributed by atoms with van der Waals surface area (Å²) in [5.41, 5.74) is -1.18. The van der Waals surface area contributed by atoms with E-state index in [2.05, 4.69) is 17.2 Å². The minimum Gasteiger partial charge on any atom is -0.846 e. The van der Waals surface area contributed by atoms with E-state index in [-0.39, 0.29) is 34.8 Å². The van der Waals surface area contributed by atoms with Crippen molar-refractivity contribution >= 4 is 29.6 Å². The molecular weight excluding hydrogens is 299 g/mol. The van der Waals surface area contributed by atoms with E-state index in [1.807, 2.05) is 13.8 Å². The second-order valence-electron chi connectivity index (χ2n) is 5.06. The second kappa shape index (κ2) is 9.87. The Hall–Kier alpha value is -0.0400. The number of hydrogen-bond acceptors (Lipinski definition) is 4. The van der Waals surface area contributed by atoms with Gasteiger partial charge in [0.05, 0.1) is 6.02 Å². The van der Waals surface area contributed by atoms with E-state index in [9.17, 15) is 14.7 Å². The third-order valence-corrected chi connectivity index (χ3v) is 4.98. The van der Waals surface area contributed by atoms with Gasteiger partial charge < -0.3 is 10.4 Å². The molecule has 0 aromatic heterocycles. The van der Waals surface area contributed by atoms with Crippen molar-refractivity contribution in [2.75, 3.05) is 5.75 Å². The molecule has 0 fully saturated rings. The predicted octanol–water partition coefficient (Wildman–Crippen LogP) is -1.54. The molecule has 0 radical (unpaired) electrons. The average molecular weight is 322 g/mol. The molecular formula is C14H23N2NaO3S. The van der Waals surface area contributed by atoms with Gasteiger partial charge in [0.2, 0.25) is 5.91 Å². The summed E-state index contributed by atoms with van der Waals surface area (Å²) in [6, 6.07) is -0.835. The quantitative estimate of drug-likeness (QED) is 0.334. The molecule has 0 bridgehead atoms. The third-order valence-electron chi connectivity index (χ3n) is 3.75. The van der Waals surface area contributed by atoms with Crippen molar-refractivity contribution in [3.8, 4) is 0 Å². The molecule has 0 saturated carbocycles. The van der Waals surface area contributed by atoms with Crippen LogP contribution < -0.4 is 40.0 Å². The number of carbonyl (C=O) groups excluding carboxylic acids is 2. The molecule has 1 N–H and O–H groups in total. The van der Waals surface area contributed by atoms with E-state index < -0.39 is 23.3 Å². The van der Waals surface area contributed by atoms with Crippen LogP contribution in [0.25, 0.3) is 0 Å². The van der Waals surface area contributed by atoms with Gasteiger partial charge in [-0.1, -0.05) is 46.5 Å². The first-order chi connectivity index (χ1) is 9.48. The number of aliphatic imine (C=N–C) groups is 1. The summed E-state index contributed by atoms with van der Waals surface area (Å²) in [6.45, 7) is 5.97.